The van der Waals surface area contributed by atoms with Crippen molar-refractivity contribution in [1.29, 1.82) is 0 Å². The molecular weight excluding hydrogens is 440 g/mol. The minimum atomic E-state index is -3.50. The molecule has 2 aliphatic rings. The molecule has 0 radical (unpaired) electrons. The Labute approximate surface area is 194 Å². The smallest absolute Gasteiger partial charge is 0.238 e. The van der Waals surface area contributed by atoms with E-state index in [4.69, 9.17) is 0 Å². The molecule has 0 aromatic heterocycles. The molecule has 33 heavy (non-hydrogen) atoms. The van der Waals surface area contributed by atoms with E-state index in [1.165, 1.54) is 9.71 Å². The van der Waals surface area contributed by atoms with Crippen molar-refractivity contribution >= 4 is 39.3 Å². The molecule has 2 aromatic rings. The summed E-state index contributed by atoms with van der Waals surface area (Å²) in [6.45, 7) is 2.58. The maximum Gasteiger partial charge on any atom is 0.238 e. The van der Waals surface area contributed by atoms with Crippen molar-refractivity contribution in [2.75, 3.05) is 49.5 Å². The van der Waals surface area contributed by atoms with Crippen molar-refractivity contribution in [3.63, 3.8) is 0 Å². The van der Waals surface area contributed by atoms with Crippen LogP contribution in [-0.4, -0.2) is 68.7 Å². The van der Waals surface area contributed by atoms with Gasteiger partial charge in [0.25, 0.3) is 0 Å². The lowest BCUT2D eigenvalue weighted by atomic mass is 10.2. The van der Waals surface area contributed by atoms with Crippen LogP contribution in [0.4, 0.5) is 11.4 Å². The summed E-state index contributed by atoms with van der Waals surface area (Å²) in [5.41, 5.74) is 2.34. The lowest BCUT2D eigenvalue weighted by Crippen LogP contribution is -2.49. The molecular formula is C24H28N4O4S. The minimum absolute atomic E-state index is 0.128. The van der Waals surface area contributed by atoms with Gasteiger partial charge in [0, 0.05) is 55.9 Å². The maximum atomic E-state index is 12.6. The zero-order valence-corrected chi connectivity index (χ0v) is 19.2. The predicted octanol–water partition coefficient (Wildman–Crippen LogP) is 2.37. The molecule has 2 saturated heterocycles. The lowest BCUT2D eigenvalue weighted by molar-refractivity contribution is -0.118. The average Bonchev–Trinajstić information content (AvgIpc) is 3.25. The highest BCUT2D eigenvalue weighted by Gasteiger charge is 2.26. The fourth-order valence-corrected chi connectivity index (χ4v) is 5.18. The largest absolute Gasteiger partial charge is 0.325 e. The SMILES string of the molecule is O=C(CN1CCN(S(=O)(=O)/C=C/c2ccccc2)CC1)Nc1ccc(N2CCCC2=O)cc1. The second-order valence-corrected chi connectivity index (χ2v) is 10.00. The highest BCUT2D eigenvalue weighted by molar-refractivity contribution is 7.92. The number of carbonyl (C=O) groups is 2. The lowest BCUT2D eigenvalue weighted by Gasteiger charge is -2.32. The first-order valence-electron chi connectivity index (χ1n) is 11.1. The van der Waals surface area contributed by atoms with E-state index in [1.807, 2.05) is 47.4 Å². The van der Waals surface area contributed by atoms with Crippen LogP contribution < -0.4 is 10.2 Å². The molecule has 0 bridgehead atoms. The molecule has 0 unspecified atom stereocenters. The van der Waals surface area contributed by atoms with Gasteiger partial charge in [-0.3, -0.25) is 14.5 Å². The van der Waals surface area contributed by atoms with Gasteiger partial charge in [0.1, 0.15) is 0 Å². The van der Waals surface area contributed by atoms with E-state index in [0.29, 0.717) is 38.3 Å². The van der Waals surface area contributed by atoms with Crippen LogP contribution in [0.25, 0.3) is 6.08 Å². The number of rotatable bonds is 7. The van der Waals surface area contributed by atoms with Crippen LogP contribution in [0.2, 0.25) is 0 Å². The molecule has 2 aromatic carbocycles. The highest BCUT2D eigenvalue weighted by Crippen LogP contribution is 2.23. The van der Waals surface area contributed by atoms with Gasteiger partial charge in [-0.2, -0.15) is 4.31 Å². The molecule has 9 heteroatoms. The zero-order chi connectivity index (χ0) is 23.3. The van der Waals surface area contributed by atoms with Gasteiger partial charge in [-0.1, -0.05) is 30.3 Å². The van der Waals surface area contributed by atoms with Gasteiger partial charge in [-0.25, -0.2) is 8.42 Å². The zero-order valence-electron chi connectivity index (χ0n) is 18.4. The topological polar surface area (TPSA) is 90.0 Å². The number of piperazine rings is 1. The van der Waals surface area contributed by atoms with E-state index in [-0.39, 0.29) is 18.4 Å². The van der Waals surface area contributed by atoms with Gasteiger partial charge < -0.3 is 10.2 Å². The van der Waals surface area contributed by atoms with Gasteiger partial charge in [0.15, 0.2) is 0 Å². The van der Waals surface area contributed by atoms with Gasteiger partial charge in [-0.05, 0) is 42.3 Å². The Bertz CT molecular complexity index is 1110. The molecule has 0 saturated carbocycles. The van der Waals surface area contributed by atoms with Crippen LogP contribution in [0.1, 0.15) is 18.4 Å². The quantitative estimate of drug-likeness (QED) is 0.674. The fourth-order valence-electron chi connectivity index (χ4n) is 4.01. The van der Waals surface area contributed by atoms with Crippen molar-refractivity contribution in [3.8, 4) is 0 Å². The van der Waals surface area contributed by atoms with Crippen molar-refractivity contribution < 1.29 is 18.0 Å². The van der Waals surface area contributed by atoms with Crippen molar-refractivity contribution in [2.24, 2.45) is 0 Å². The molecule has 4 rings (SSSR count). The Morgan fingerprint density at radius 1 is 0.939 bits per heavy atom. The number of sulfonamides is 1. The number of hydrogen-bond donors (Lipinski definition) is 1. The summed E-state index contributed by atoms with van der Waals surface area (Å²) in [5.74, 6) is -0.0243. The van der Waals surface area contributed by atoms with Gasteiger partial charge in [0.2, 0.25) is 21.8 Å². The number of nitrogens with one attached hydrogen (secondary N) is 1. The number of carbonyl (C=O) groups excluding carboxylic acids is 2. The molecule has 2 amide bonds. The Hall–Kier alpha value is -3.01. The Balaban J connectivity index is 1.24. The molecule has 0 spiro atoms. The first kappa shape index (κ1) is 23.2. The Morgan fingerprint density at radius 3 is 2.27 bits per heavy atom. The molecule has 1 N–H and O–H groups in total. The molecule has 0 aliphatic carbocycles. The summed E-state index contributed by atoms with van der Waals surface area (Å²) in [5, 5.41) is 4.11. The van der Waals surface area contributed by atoms with Crippen LogP contribution in [0.3, 0.4) is 0 Å². The molecule has 2 heterocycles. The first-order chi connectivity index (χ1) is 15.9. The van der Waals surface area contributed by atoms with E-state index >= 15 is 0 Å². The molecule has 0 atom stereocenters. The number of anilines is 2. The van der Waals surface area contributed by atoms with E-state index in [2.05, 4.69) is 5.32 Å². The maximum absolute atomic E-state index is 12.6. The van der Waals surface area contributed by atoms with Crippen molar-refractivity contribution in [3.05, 3.63) is 65.6 Å². The number of hydrogen-bond acceptors (Lipinski definition) is 5. The standard InChI is InChI=1S/C24H28N4O4S/c29-23(25-21-8-10-22(11-9-21)28-13-4-7-24(28)30)19-26-14-16-27(17-15-26)33(31,32)18-12-20-5-2-1-3-6-20/h1-3,5-6,8-12,18H,4,7,13-17,19H2,(H,25,29)/b18-12+. The third kappa shape index (κ3) is 6.07. The third-order valence-corrected chi connectivity index (χ3v) is 7.39. The van der Waals surface area contributed by atoms with Crippen LogP contribution in [-0.2, 0) is 19.6 Å². The number of amides is 2. The van der Waals surface area contributed by atoms with Crippen molar-refractivity contribution in [1.82, 2.24) is 9.21 Å². The van der Waals surface area contributed by atoms with Crippen LogP contribution >= 0.6 is 0 Å². The van der Waals surface area contributed by atoms with E-state index in [0.717, 1.165) is 24.2 Å². The number of nitrogens with zero attached hydrogens (tertiary/aromatic N) is 3. The van der Waals surface area contributed by atoms with Crippen LogP contribution in [0.15, 0.2) is 60.0 Å². The second-order valence-electron chi connectivity index (χ2n) is 8.18. The number of benzene rings is 2. The van der Waals surface area contributed by atoms with Gasteiger partial charge in [-0.15, -0.1) is 0 Å². The molecule has 2 fully saturated rings. The summed E-state index contributed by atoms with van der Waals surface area (Å²) < 4.78 is 26.6. The van der Waals surface area contributed by atoms with E-state index < -0.39 is 10.0 Å². The predicted molar refractivity (Wildman–Crippen MR) is 129 cm³/mol. The highest BCUT2D eigenvalue weighted by atomic mass is 32.2. The summed E-state index contributed by atoms with van der Waals surface area (Å²) in [7, 11) is -3.50. The normalized spacial score (nSPS) is 18.2. The minimum Gasteiger partial charge on any atom is -0.325 e. The summed E-state index contributed by atoms with van der Waals surface area (Å²) in [4.78, 5) is 28.0. The summed E-state index contributed by atoms with van der Waals surface area (Å²) >= 11 is 0. The van der Waals surface area contributed by atoms with E-state index in [1.54, 1.807) is 23.1 Å². The van der Waals surface area contributed by atoms with Crippen LogP contribution in [0.5, 0.6) is 0 Å². The third-order valence-electron chi connectivity index (χ3n) is 5.83. The van der Waals surface area contributed by atoms with Crippen molar-refractivity contribution in [2.45, 2.75) is 12.8 Å². The molecule has 2 aliphatic heterocycles. The van der Waals surface area contributed by atoms with Gasteiger partial charge in [0.05, 0.1) is 6.54 Å². The van der Waals surface area contributed by atoms with E-state index in [9.17, 15) is 18.0 Å². The molecule has 8 nitrogen and oxygen atoms in total. The summed E-state index contributed by atoms with van der Waals surface area (Å²) in [6, 6.07) is 16.6. The van der Waals surface area contributed by atoms with Gasteiger partial charge >= 0.3 is 0 Å². The molecule has 174 valence electrons. The summed E-state index contributed by atoms with van der Waals surface area (Å²) in [6.07, 6.45) is 3.05. The first-order valence-corrected chi connectivity index (χ1v) is 12.6. The fraction of sp³-hybridized carbons (Fsp3) is 0.333. The second kappa shape index (κ2) is 10.3. The monoisotopic (exact) mass is 468 g/mol. The Morgan fingerprint density at radius 2 is 1.64 bits per heavy atom. The Kier molecular flexibility index (Phi) is 7.22. The van der Waals surface area contributed by atoms with Crippen LogP contribution in [0, 0.1) is 0 Å². The average molecular weight is 469 g/mol.